The van der Waals surface area contributed by atoms with Gasteiger partial charge in [0.25, 0.3) is 0 Å². The molecular formula is C21H22ClN5O3S2. The van der Waals surface area contributed by atoms with E-state index in [0.717, 1.165) is 24.1 Å². The van der Waals surface area contributed by atoms with Gasteiger partial charge in [-0.3, -0.25) is 9.36 Å². The Morgan fingerprint density at radius 1 is 1.19 bits per heavy atom. The lowest BCUT2D eigenvalue weighted by molar-refractivity contribution is -0.113. The van der Waals surface area contributed by atoms with Crippen molar-refractivity contribution in [1.82, 2.24) is 19.1 Å². The average Bonchev–Trinajstić information content (AvgIpc) is 3.47. The first-order valence-electron chi connectivity index (χ1n) is 10.0. The number of nitrogens with one attached hydrogen (secondary N) is 1. The summed E-state index contributed by atoms with van der Waals surface area (Å²) in [5.41, 5.74) is 2.20. The summed E-state index contributed by atoms with van der Waals surface area (Å²) in [5, 5.41) is 12.0. The third kappa shape index (κ3) is 4.98. The Labute approximate surface area is 196 Å². The van der Waals surface area contributed by atoms with E-state index < -0.39 is 10.0 Å². The van der Waals surface area contributed by atoms with Crippen molar-refractivity contribution in [2.45, 2.75) is 29.8 Å². The number of nitrogens with zero attached hydrogens (tertiary/aromatic N) is 4. The van der Waals surface area contributed by atoms with Gasteiger partial charge in [0.05, 0.1) is 16.3 Å². The molecule has 0 bridgehead atoms. The van der Waals surface area contributed by atoms with E-state index in [4.69, 9.17) is 11.6 Å². The fourth-order valence-corrected chi connectivity index (χ4v) is 5.84. The van der Waals surface area contributed by atoms with Crippen molar-refractivity contribution >= 4 is 45.0 Å². The van der Waals surface area contributed by atoms with E-state index in [1.165, 1.54) is 22.1 Å². The SMILES string of the molecule is Cc1ccc(-n2cnnc2SCC(=O)Nc2cccc(S(=O)(=O)N3CCCC3)c2)cc1Cl. The highest BCUT2D eigenvalue weighted by molar-refractivity contribution is 7.99. The topological polar surface area (TPSA) is 97.2 Å². The lowest BCUT2D eigenvalue weighted by Crippen LogP contribution is -2.28. The van der Waals surface area contributed by atoms with E-state index in [1.54, 1.807) is 29.1 Å². The molecule has 1 aliphatic heterocycles. The van der Waals surface area contributed by atoms with Crippen LogP contribution in [0.4, 0.5) is 5.69 Å². The number of hydrogen-bond acceptors (Lipinski definition) is 6. The molecule has 3 aromatic rings. The maximum atomic E-state index is 12.8. The van der Waals surface area contributed by atoms with Gasteiger partial charge in [-0.05, 0) is 55.7 Å². The minimum atomic E-state index is -3.54. The number of aryl methyl sites for hydroxylation is 1. The van der Waals surface area contributed by atoms with Crippen LogP contribution in [-0.4, -0.2) is 52.2 Å². The van der Waals surface area contributed by atoms with Gasteiger partial charge in [0.1, 0.15) is 6.33 Å². The molecule has 8 nitrogen and oxygen atoms in total. The normalized spacial score (nSPS) is 14.6. The largest absolute Gasteiger partial charge is 0.325 e. The summed E-state index contributed by atoms with van der Waals surface area (Å²) < 4.78 is 28.7. The molecule has 0 radical (unpaired) electrons. The molecule has 0 atom stereocenters. The number of rotatable bonds is 7. The molecule has 0 unspecified atom stereocenters. The van der Waals surface area contributed by atoms with Crippen LogP contribution >= 0.6 is 23.4 Å². The Morgan fingerprint density at radius 3 is 2.72 bits per heavy atom. The molecule has 2 heterocycles. The van der Waals surface area contributed by atoms with Crippen LogP contribution in [0.25, 0.3) is 5.69 Å². The van der Waals surface area contributed by atoms with Crippen LogP contribution in [0, 0.1) is 6.92 Å². The molecule has 32 heavy (non-hydrogen) atoms. The number of carbonyl (C=O) groups is 1. The van der Waals surface area contributed by atoms with Crippen molar-refractivity contribution in [2.24, 2.45) is 0 Å². The molecule has 2 aromatic carbocycles. The number of sulfonamides is 1. The first kappa shape index (κ1) is 22.8. The summed E-state index contributed by atoms with van der Waals surface area (Å²) in [6.07, 6.45) is 3.30. The van der Waals surface area contributed by atoms with E-state index >= 15 is 0 Å². The Balaban J connectivity index is 1.41. The highest BCUT2D eigenvalue weighted by atomic mass is 35.5. The lowest BCUT2D eigenvalue weighted by atomic mass is 10.2. The van der Waals surface area contributed by atoms with Gasteiger partial charge in [-0.1, -0.05) is 35.5 Å². The van der Waals surface area contributed by atoms with Gasteiger partial charge < -0.3 is 5.32 Å². The molecular weight excluding hydrogens is 470 g/mol. The van der Waals surface area contributed by atoms with E-state index in [9.17, 15) is 13.2 Å². The van der Waals surface area contributed by atoms with Gasteiger partial charge in [0, 0.05) is 23.8 Å². The van der Waals surface area contributed by atoms with E-state index in [2.05, 4.69) is 15.5 Å². The molecule has 1 N–H and O–H groups in total. The molecule has 1 amide bonds. The Morgan fingerprint density at radius 2 is 1.97 bits per heavy atom. The number of aromatic nitrogens is 3. The molecule has 0 spiro atoms. The molecule has 11 heteroatoms. The van der Waals surface area contributed by atoms with Crippen molar-refractivity contribution in [2.75, 3.05) is 24.2 Å². The van der Waals surface area contributed by atoms with Crippen LogP contribution in [0.5, 0.6) is 0 Å². The molecule has 4 rings (SSSR count). The summed E-state index contributed by atoms with van der Waals surface area (Å²) in [4.78, 5) is 12.7. The quantitative estimate of drug-likeness (QED) is 0.505. The highest BCUT2D eigenvalue weighted by Crippen LogP contribution is 2.25. The van der Waals surface area contributed by atoms with Crippen molar-refractivity contribution in [3.63, 3.8) is 0 Å². The van der Waals surface area contributed by atoms with Crippen LogP contribution in [0.15, 0.2) is 58.8 Å². The Kier molecular flexibility index (Phi) is 6.85. The zero-order valence-electron chi connectivity index (χ0n) is 17.4. The van der Waals surface area contributed by atoms with Crippen LogP contribution in [0.1, 0.15) is 18.4 Å². The van der Waals surface area contributed by atoms with Gasteiger partial charge in [-0.25, -0.2) is 8.42 Å². The van der Waals surface area contributed by atoms with Crippen LogP contribution in [0.2, 0.25) is 5.02 Å². The van der Waals surface area contributed by atoms with Crippen molar-refractivity contribution in [3.8, 4) is 5.69 Å². The molecule has 1 saturated heterocycles. The Hall–Kier alpha value is -2.40. The molecule has 1 aromatic heterocycles. The second kappa shape index (κ2) is 9.62. The minimum Gasteiger partial charge on any atom is -0.325 e. The molecule has 1 fully saturated rings. The lowest BCUT2D eigenvalue weighted by Gasteiger charge is -2.16. The number of hydrogen-bond donors (Lipinski definition) is 1. The van der Waals surface area contributed by atoms with Crippen LogP contribution < -0.4 is 5.32 Å². The van der Waals surface area contributed by atoms with E-state index in [1.807, 2.05) is 25.1 Å². The minimum absolute atomic E-state index is 0.0847. The summed E-state index contributed by atoms with van der Waals surface area (Å²) in [6, 6.07) is 12.0. The molecule has 0 aliphatic carbocycles. The first-order valence-corrected chi connectivity index (χ1v) is 12.8. The van der Waals surface area contributed by atoms with Crippen LogP contribution in [-0.2, 0) is 14.8 Å². The average molecular weight is 492 g/mol. The second-order valence-electron chi connectivity index (χ2n) is 7.39. The van der Waals surface area contributed by atoms with Crippen molar-refractivity contribution < 1.29 is 13.2 Å². The van der Waals surface area contributed by atoms with Gasteiger partial charge in [0.2, 0.25) is 15.9 Å². The van der Waals surface area contributed by atoms with E-state index in [-0.39, 0.29) is 16.6 Å². The number of amides is 1. The summed E-state index contributed by atoms with van der Waals surface area (Å²) in [5.74, 6) is -0.191. The van der Waals surface area contributed by atoms with E-state index in [0.29, 0.717) is 29.0 Å². The van der Waals surface area contributed by atoms with Crippen molar-refractivity contribution in [3.05, 3.63) is 59.4 Å². The van der Waals surface area contributed by atoms with Gasteiger partial charge >= 0.3 is 0 Å². The predicted molar refractivity (Wildman–Crippen MR) is 125 cm³/mol. The summed E-state index contributed by atoms with van der Waals surface area (Å²) >= 11 is 7.44. The second-order valence-corrected chi connectivity index (χ2v) is 10.7. The third-order valence-corrected chi connectivity index (χ3v) is 8.35. The molecule has 1 aliphatic rings. The zero-order valence-corrected chi connectivity index (χ0v) is 19.8. The number of anilines is 1. The zero-order chi connectivity index (χ0) is 22.7. The van der Waals surface area contributed by atoms with Gasteiger partial charge in [-0.15, -0.1) is 10.2 Å². The summed E-state index contributed by atoms with van der Waals surface area (Å²) in [7, 11) is -3.54. The number of halogens is 1. The maximum Gasteiger partial charge on any atom is 0.243 e. The van der Waals surface area contributed by atoms with Gasteiger partial charge in [-0.2, -0.15) is 4.31 Å². The summed E-state index contributed by atoms with van der Waals surface area (Å²) in [6.45, 7) is 2.98. The highest BCUT2D eigenvalue weighted by Gasteiger charge is 2.27. The smallest absolute Gasteiger partial charge is 0.243 e. The number of benzene rings is 2. The monoisotopic (exact) mass is 491 g/mol. The molecule has 0 saturated carbocycles. The van der Waals surface area contributed by atoms with Gasteiger partial charge in [0.15, 0.2) is 5.16 Å². The van der Waals surface area contributed by atoms with Crippen LogP contribution in [0.3, 0.4) is 0 Å². The number of carbonyl (C=O) groups excluding carboxylic acids is 1. The Bertz CT molecular complexity index is 1240. The fourth-order valence-electron chi connectivity index (χ4n) is 3.37. The standard InChI is InChI=1S/C21H22ClN5O3S2/c1-15-7-8-17(12-19(15)22)27-14-23-25-21(27)31-13-20(28)24-16-5-4-6-18(11-16)32(29,30)26-9-2-3-10-26/h4-8,11-12,14H,2-3,9-10,13H2,1H3,(H,24,28). The maximum absolute atomic E-state index is 12.8. The third-order valence-electron chi connectivity index (χ3n) is 5.10. The predicted octanol–water partition coefficient (Wildman–Crippen LogP) is 3.74. The fraction of sp³-hybridized carbons (Fsp3) is 0.286. The molecule has 168 valence electrons. The van der Waals surface area contributed by atoms with Crippen molar-refractivity contribution in [1.29, 1.82) is 0 Å². The number of thioether (sulfide) groups is 1. The first-order chi connectivity index (χ1) is 15.3.